The number of nitrogens with zero attached hydrogens (tertiary/aromatic N) is 1. The van der Waals surface area contributed by atoms with Gasteiger partial charge in [0.1, 0.15) is 12.2 Å². The van der Waals surface area contributed by atoms with Gasteiger partial charge in [0.05, 0.1) is 5.56 Å². The predicted molar refractivity (Wildman–Crippen MR) is 91.0 cm³/mol. The van der Waals surface area contributed by atoms with Gasteiger partial charge in [-0.1, -0.05) is 48.5 Å². The standard InChI is InChI=1S/C20H19NO4/c22-18-16-8-4-5-9-17(16)20(25-18)10-12-21(13-11-20)19(23)24-14-15-6-2-1-3-7-15/h1-9H,10-14H2. The third-order valence-electron chi connectivity index (χ3n) is 4.96. The third kappa shape index (κ3) is 2.86. The van der Waals surface area contributed by atoms with Crippen LogP contribution in [0.5, 0.6) is 0 Å². The monoisotopic (exact) mass is 337 g/mol. The summed E-state index contributed by atoms with van der Waals surface area (Å²) in [6.07, 6.45) is 0.864. The summed E-state index contributed by atoms with van der Waals surface area (Å²) in [6.45, 7) is 1.28. The minimum atomic E-state index is -0.593. The maximum absolute atomic E-state index is 12.3. The Morgan fingerprint density at radius 1 is 1.04 bits per heavy atom. The number of piperidine rings is 1. The highest BCUT2D eigenvalue weighted by Gasteiger charge is 2.47. The molecule has 1 amide bonds. The Morgan fingerprint density at radius 2 is 1.72 bits per heavy atom. The summed E-state index contributed by atoms with van der Waals surface area (Å²) in [5, 5.41) is 0. The van der Waals surface area contributed by atoms with Gasteiger partial charge in [-0.25, -0.2) is 9.59 Å². The zero-order valence-corrected chi connectivity index (χ0v) is 13.8. The fourth-order valence-corrected chi connectivity index (χ4v) is 3.58. The van der Waals surface area contributed by atoms with E-state index in [4.69, 9.17) is 9.47 Å². The highest BCUT2D eigenvalue weighted by molar-refractivity contribution is 5.94. The molecule has 1 saturated heterocycles. The van der Waals surface area contributed by atoms with Crippen LogP contribution in [0.2, 0.25) is 0 Å². The lowest BCUT2D eigenvalue weighted by Gasteiger charge is -2.38. The summed E-state index contributed by atoms with van der Waals surface area (Å²) in [6, 6.07) is 17.1. The van der Waals surface area contributed by atoms with Crippen LogP contribution in [0.25, 0.3) is 0 Å². The number of ether oxygens (including phenoxy) is 2. The molecule has 0 N–H and O–H groups in total. The van der Waals surface area contributed by atoms with Gasteiger partial charge in [0.2, 0.25) is 0 Å². The van der Waals surface area contributed by atoms with Crippen LogP contribution >= 0.6 is 0 Å². The molecule has 0 bridgehead atoms. The fourth-order valence-electron chi connectivity index (χ4n) is 3.58. The van der Waals surface area contributed by atoms with Gasteiger partial charge in [0.15, 0.2) is 0 Å². The van der Waals surface area contributed by atoms with Crippen molar-refractivity contribution in [2.24, 2.45) is 0 Å². The molecule has 25 heavy (non-hydrogen) atoms. The SMILES string of the molecule is O=C1OC2(CCN(C(=O)OCc3ccccc3)CC2)c2ccccc21. The Balaban J connectivity index is 1.39. The molecule has 5 heteroatoms. The number of esters is 1. The minimum Gasteiger partial charge on any atom is -0.450 e. The van der Waals surface area contributed by atoms with E-state index in [9.17, 15) is 9.59 Å². The van der Waals surface area contributed by atoms with Crippen molar-refractivity contribution in [1.29, 1.82) is 0 Å². The molecule has 0 atom stereocenters. The molecule has 1 fully saturated rings. The quantitative estimate of drug-likeness (QED) is 0.787. The van der Waals surface area contributed by atoms with Crippen LogP contribution in [0.15, 0.2) is 54.6 Å². The van der Waals surface area contributed by atoms with Crippen molar-refractivity contribution >= 4 is 12.1 Å². The van der Waals surface area contributed by atoms with E-state index >= 15 is 0 Å². The molecule has 2 aromatic carbocycles. The molecule has 2 aromatic rings. The van der Waals surface area contributed by atoms with Crippen molar-refractivity contribution in [3.63, 3.8) is 0 Å². The largest absolute Gasteiger partial charge is 0.450 e. The number of carbonyl (C=O) groups excluding carboxylic acids is 2. The van der Waals surface area contributed by atoms with E-state index < -0.39 is 5.60 Å². The van der Waals surface area contributed by atoms with Crippen LogP contribution in [-0.2, 0) is 21.7 Å². The molecule has 1 spiro atoms. The molecule has 128 valence electrons. The van der Waals surface area contributed by atoms with Crippen molar-refractivity contribution in [1.82, 2.24) is 4.90 Å². The van der Waals surface area contributed by atoms with E-state index in [0.29, 0.717) is 31.5 Å². The highest BCUT2D eigenvalue weighted by atomic mass is 16.6. The number of likely N-dealkylation sites (tertiary alicyclic amines) is 1. The first kappa shape index (κ1) is 15.7. The van der Waals surface area contributed by atoms with Crippen LogP contribution in [0.3, 0.4) is 0 Å². The zero-order valence-electron chi connectivity index (χ0n) is 13.8. The third-order valence-corrected chi connectivity index (χ3v) is 4.96. The first-order valence-electron chi connectivity index (χ1n) is 8.46. The number of benzene rings is 2. The molecule has 0 saturated carbocycles. The molecular weight excluding hydrogens is 318 g/mol. The Morgan fingerprint density at radius 3 is 2.48 bits per heavy atom. The molecule has 0 radical (unpaired) electrons. The lowest BCUT2D eigenvalue weighted by molar-refractivity contribution is -0.0417. The van der Waals surface area contributed by atoms with Crippen molar-refractivity contribution in [3.8, 4) is 0 Å². The molecule has 0 unspecified atom stereocenters. The number of rotatable bonds is 2. The van der Waals surface area contributed by atoms with Crippen molar-refractivity contribution in [2.75, 3.05) is 13.1 Å². The number of fused-ring (bicyclic) bond motifs is 2. The number of amides is 1. The Kier molecular flexibility index (Phi) is 3.92. The summed E-state index contributed by atoms with van der Waals surface area (Å²) in [7, 11) is 0. The average molecular weight is 337 g/mol. The van der Waals surface area contributed by atoms with Gasteiger partial charge in [-0.3, -0.25) is 0 Å². The van der Waals surface area contributed by atoms with Crippen molar-refractivity contribution < 1.29 is 19.1 Å². The lowest BCUT2D eigenvalue weighted by atomic mass is 9.84. The van der Waals surface area contributed by atoms with E-state index in [2.05, 4.69) is 0 Å². The topological polar surface area (TPSA) is 55.8 Å². The second-order valence-corrected chi connectivity index (χ2v) is 6.46. The van der Waals surface area contributed by atoms with E-state index in [1.807, 2.05) is 48.5 Å². The number of hydrogen-bond donors (Lipinski definition) is 0. The van der Waals surface area contributed by atoms with Gasteiger partial charge in [0, 0.05) is 31.5 Å². The predicted octanol–water partition coefficient (Wildman–Crippen LogP) is 3.48. The summed E-state index contributed by atoms with van der Waals surface area (Å²) in [5.74, 6) is -0.268. The summed E-state index contributed by atoms with van der Waals surface area (Å²) in [4.78, 5) is 26.1. The maximum Gasteiger partial charge on any atom is 0.410 e. The molecule has 4 rings (SSSR count). The lowest BCUT2D eigenvalue weighted by Crippen LogP contribution is -2.45. The van der Waals surface area contributed by atoms with Gasteiger partial charge >= 0.3 is 12.1 Å². The van der Waals surface area contributed by atoms with Gasteiger partial charge in [-0.2, -0.15) is 0 Å². The molecule has 5 nitrogen and oxygen atoms in total. The molecule has 2 aliphatic rings. The summed E-state index contributed by atoms with van der Waals surface area (Å²) >= 11 is 0. The molecule has 2 aliphatic heterocycles. The Hall–Kier alpha value is -2.82. The molecular formula is C20H19NO4. The fraction of sp³-hybridized carbons (Fsp3) is 0.300. The summed E-state index contributed by atoms with van der Waals surface area (Å²) in [5.41, 5.74) is 1.95. The van der Waals surface area contributed by atoms with Crippen molar-refractivity contribution in [2.45, 2.75) is 25.0 Å². The summed E-state index contributed by atoms with van der Waals surface area (Å²) < 4.78 is 11.1. The van der Waals surface area contributed by atoms with Gasteiger partial charge in [-0.15, -0.1) is 0 Å². The maximum atomic E-state index is 12.3. The zero-order chi connectivity index (χ0) is 17.3. The Bertz CT molecular complexity index is 794. The number of carbonyl (C=O) groups is 2. The molecule has 0 aromatic heterocycles. The van der Waals surface area contributed by atoms with E-state index in [0.717, 1.165) is 11.1 Å². The van der Waals surface area contributed by atoms with Crippen LogP contribution in [0.4, 0.5) is 4.79 Å². The highest BCUT2D eigenvalue weighted by Crippen LogP contribution is 2.43. The number of hydrogen-bond acceptors (Lipinski definition) is 4. The van der Waals surface area contributed by atoms with Crippen molar-refractivity contribution in [3.05, 3.63) is 71.3 Å². The van der Waals surface area contributed by atoms with Gasteiger partial charge < -0.3 is 14.4 Å². The molecule has 0 aliphatic carbocycles. The second kappa shape index (κ2) is 6.24. The van der Waals surface area contributed by atoms with Gasteiger partial charge in [0.25, 0.3) is 0 Å². The second-order valence-electron chi connectivity index (χ2n) is 6.46. The average Bonchev–Trinajstić information content (AvgIpc) is 2.93. The van der Waals surface area contributed by atoms with Crippen LogP contribution < -0.4 is 0 Å². The van der Waals surface area contributed by atoms with Crippen LogP contribution in [0.1, 0.15) is 34.3 Å². The first-order chi connectivity index (χ1) is 12.2. The van der Waals surface area contributed by atoms with E-state index in [-0.39, 0.29) is 18.7 Å². The minimum absolute atomic E-state index is 0.263. The van der Waals surface area contributed by atoms with E-state index in [1.54, 1.807) is 11.0 Å². The Labute approximate surface area is 146 Å². The van der Waals surface area contributed by atoms with Gasteiger partial charge in [-0.05, 0) is 11.6 Å². The molecule has 2 heterocycles. The normalized spacial score (nSPS) is 17.9. The van der Waals surface area contributed by atoms with Crippen LogP contribution in [-0.4, -0.2) is 30.1 Å². The van der Waals surface area contributed by atoms with Crippen LogP contribution in [0, 0.1) is 0 Å². The van der Waals surface area contributed by atoms with E-state index in [1.165, 1.54) is 0 Å². The smallest absolute Gasteiger partial charge is 0.410 e. The first-order valence-corrected chi connectivity index (χ1v) is 8.46.